The number of rotatable bonds is 3. The fourth-order valence-electron chi connectivity index (χ4n) is 2.44. The SMILES string of the molecule is CCCn1nc(C(C)(C)C)c(O)c1-c1ccccc1C. The Balaban J connectivity index is 2.68. The van der Waals surface area contributed by atoms with Crippen molar-refractivity contribution in [3.8, 4) is 17.0 Å². The number of hydrogen-bond acceptors (Lipinski definition) is 2. The summed E-state index contributed by atoms with van der Waals surface area (Å²) in [7, 11) is 0. The largest absolute Gasteiger partial charge is 0.504 e. The van der Waals surface area contributed by atoms with Crippen LogP contribution in [0.25, 0.3) is 11.3 Å². The molecule has 0 bridgehead atoms. The van der Waals surface area contributed by atoms with E-state index in [0.717, 1.165) is 35.5 Å². The Kier molecular flexibility index (Phi) is 3.89. The lowest BCUT2D eigenvalue weighted by Crippen LogP contribution is -2.13. The number of aryl methyl sites for hydroxylation is 2. The van der Waals surface area contributed by atoms with Gasteiger partial charge in [0.25, 0.3) is 0 Å². The van der Waals surface area contributed by atoms with E-state index in [1.807, 2.05) is 22.9 Å². The summed E-state index contributed by atoms with van der Waals surface area (Å²) in [5.74, 6) is 0.320. The van der Waals surface area contributed by atoms with Crippen LogP contribution in [0.4, 0.5) is 0 Å². The first-order valence-electron chi connectivity index (χ1n) is 7.22. The van der Waals surface area contributed by atoms with Gasteiger partial charge in [0.15, 0.2) is 5.75 Å². The molecule has 2 rings (SSSR count). The molecule has 0 radical (unpaired) electrons. The van der Waals surface area contributed by atoms with Crippen molar-refractivity contribution in [2.45, 2.75) is 53.0 Å². The molecular weight excluding hydrogens is 248 g/mol. The van der Waals surface area contributed by atoms with Gasteiger partial charge in [-0.1, -0.05) is 52.0 Å². The monoisotopic (exact) mass is 272 g/mol. The molecule has 0 saturated heterocycles. The van der Waals surface area contributed by atoms with E-state index < -0.39 is 0 Å². The Hall–Kier alpha value is -1.77. The molecule has 1 aromatic heterocycles. The first-order chi connectivity index (χ1) is 9.36. The second kappa shape index (κ2) is 5.31. The number of aromatic nitrogens is 2. The lowest BCUT2D eigenvalue weighted by molar-refractivity contribution is 0.445. The molecule has 2 aromatic rings. The fraction of sp³-hybridized carbons (Fsp3) is 0.471. The molecule has 0 fully saturated rings. The lowest BCUT2D eigenvalue weighted by Gasteiger charge is -2.15. The van der Waals surface area contributed by atoms with Crippen molar-refractivity contribution in [3.63, 3.8) is 0 Å². The van der Waals surface area contributed by atoms with Crippen molar-refractivity contribution in [2.24, 2.45) is 0 Å². The normalized spacial score (nSPS) is 11.8. The molecular formula is C17H24N2O. The second-order valence-corrected chi connectivity index (χ2v) is 6.33. The molecule has 0 saturated carbocycles. The van der Waals surface area contributed by atoms with Crippen molar-refractivity contribution < 1.29 is 5.11 Å². The van der Waals surface area contributed by atoms with Crippen molar-refractivity contribution in [3.05, 3.63) is 35.5 Å². The van der Waals surface area contributed by atoms with Crippen molar-refractivity contribution in [1.82, 2.24) is 9.78 Å². The van der Waals surface area contributed by atoms with E-state index in [0.29, 0.717) is 5.75 Å². The van der Waals surface area contributed by atoms with Gasteiger partial charge in [0, 0.05) is 17.5 Å². The highest BCUT2D eigenvalue weighted by atomic mass is 16.3. The zero-order valence-electron chi connectivity index (χ0n) is 13.1. The molecule has 0 aliphatic carbocycles. The van der Waals surface area contributed by atoms with Gasteiger partial charge in [-0.25, -0.2) is 0 Å². The smallest absolute Gasteiger partial charge is 0.165 e. The zero-order chi connectivity index (χ0) is 14.9. The molecule has 1 aromatic carbocycles. The van der Waals surface area contributed by atoms with Crippen LogP contribution < -0.4 is 0 Å². The van der Waals surface area contributed by atoms with Gasteiger partial charge in [-0.05, 0) is 18.9 Å². The van der Waals surface area contributed by atoms with Crippen LogP contribution in [0.15, 0.2) is 24.3 Å². The number of benzene rings is 1. The maximum absolute atomic E-state index is 10.7. The average molecular weight is 272 g/mol. The highest BCUT2D eigenvalue weighted by molar-refractivity contribution is 5.71. The lowest BCUT2D eigenvalue weighted by atomic mass is 9.90. The minimum Gasteiger partial charge on any atom is -0.504 e. The Bertz CT molecular complexity index is 606. The maximum Gasteiger partial charge on any atom is 0.165 e. The van der Waals surface area contributed by atoms with Gasteiger partial charge in [0.2, 0.25) is 0 Å². The Morgan fingerprint density at radius 1 is 1.20 bits per heavy atom. The summed E-state index contributed by atoms with van der Waals surface area (Å²) < 4.78 is 1.94. The molecule has 3 nitrogen and oxygen atoms in total. The Morgan fingerprint density at radius 3 is 2.40 bits per heavy atom. The second-order valence-electron chi connectivity index (χ2n) is 6.33. The highest BCUT2D eigenvalue weighted by Crippen LogP contribution is 2.39. The van der Waals surface area contributed by atoms with Crippen LogP contribution in [0.3, 0.4) is 0 Å². The summed E-state index contributed by atoms with van der Waals surface area (Å²) >= 11 is 0. The van der Waals surface area contributed by atoms with E-state index >= 15 is 0 Å². The van der Waals surface area contributed by atoms with Gasteiger partial charge in [0.1, 0.15) is 11.4 Å². The van der Waals surface area contributed by atoms with E-state index in [9.17, 15) is 5.11 Å². The van der Waals surface area contributed by atoms with E-state index in [2.05, 4.69) is 45.8 Å². The van der Waals surface area contributed by atoms with E-state index in [1.54, 1.807) is 0 Å². The fourth-order valence-corrected chi connectivity index (χ4v) is 2.44. The predicted molar refractivity (Wildman–Crippen MR) is 83.1 cm³/mol. The van der Waals surface area contributed by atoms with Crippen LogP contribution >= 0.6 is 0 Å². The molecule has 0 aliphatic rings. The Labute approximate surface area is 121 Å². The standard InChI is InChI=1S/C17H24N2O/c1-6-11-19-14(13-10-8-7-9-12(13)2)15(20)16(18-19)17(3,4)5/h7-10,20H,6,11H2,1-5H3. The van der Waals surface area contributed by atoms with Gasteiger partial charge in [-0.3, -0.25) is 4.68 Å². The number of nitrogens with zero attached hydrogens (tertiary/aromatic N) is 2. The molecule has 108 valence electrons. The first kappa shape index (κ1) is 14.6. The minimum absolute atomic E-state index is 0.166. The average Bonchev–Trinajstić information content (AvgIpc) is 2.68. The molecule has 0 atom stereocenters. The van der Waals surface area contributed by atoms with Gasteiger partial charge >= 0.3 is 0 Å². The molecule has 3 heteroatoms. The molecule has 20 heavy (non-hydrogen) atoms. The highest BCUT2D eigenvalue weighted by Gasteiger charge is 2.27. The van der Waals surface area contributed by atoms with E-state index in [4.69, 9.17) is 0 Å². The van der Waals surface area contributed by atoms with Gasteiger partial charge in [0.05, 0.1) is 0 Å². The number of hydrogen-bond donors (Lipinski definition) is 1. The third-order valence-corrected chi connectivity index (χ3v) is 3.47. The number of aromatic hydroxyl groups is 1. The predicted octanol–water partition coefficient (Wildman–Crippen LogP) is 4.27. The minimum atomic E-state index is -0.166. The summed E-state index contributed by atoms with van der Waals surface area (Å²) in [4.78, 5) is 0. The van der Waals surface area contributed by atoms with Crippen LogP contribution in [-0.2, 0) is 12.0 Å². The van der Waals surface area contributed by atoms with Crippen LogP contribution in [0.2, 0.25) is 0 Å². The molecule has 0 unspecified atom stereocenters. The summed E-state index contributed by atoms with van der Waals surface area (Å²) in [6, 6.07) is 8.13. The maximum atomic E-state index is 10.7. The summed E-state index contributed by atoms with van der Waals surface area (Å²) in [5.41, 5.74) is 3.65. The van der Waals surface area contributed by atoms with Gasteiger partial charge in [-0.2, -0.15) is 5.10 Å². The van der Waals surface area contributed by atoms with Crippen LogP contribution in [0, 0.1) is 6.92 Å². The van der Waals surface area contributed by atoms with Gasteiger partial charge in [-0.15, -0.1) is 0 Å². The molecule has 1 N–H and O–H groups in total. The Morgan fingerprint density at radius 2 is 1.85 bits per heavy atom. The third kappa shape index (κ3) is 2.58. The van der Waals surface area contributed by atoms with Crippen LogP contribution in [0.1, 0.15) is 45.4 Å². The molecule has 1 heterocycles. The summed E-state index contributed by atoms with van der Waals surface area (Å²) in [5, 5.41) is 15.3. The molecule has 0 spiro atoms. The first-order valence-corrected chi connectivity index (χ1v) is 7.22. The van der Waals surface area contributed by atoms with Crippen molar-refractivity contribution in [1.29, 1.82) is 0 Å². The van der Waals surface area contributed by atoms with Crippen LogP contribution in [0.5, 0.6) is 5.75 Å². The van der Waals surface area contributed by atoms with Crippen molar-refractivity contribution in [2.75, 3.05) is 0 Å². The van der Waals surface area contributed by atoms with Crippen LogP contribution in [-0.4, -0.2) is 14.9 Å². The van der Waals surface area contributed by atoms with Crippen molar-refractivity contribution >= 4 is 0 Å². The molecule has 0 amide bonds. The third-order valence-electron chi connectivity index (χ3n) is 3.47. The van der Waals surface area contributed by atoms with E-state index in [-0.39, 0.29) is 5.41 Å². The molecule has 0 aliphatic heterocycles. The summed E-state index contributed by atoms with van der Waals surface area (Å²) in [6.07, 6.45) is 0.990. The van der Waals surface area contributed by atoms with Gasteiger partial charge < -0.3 is 5.11 Å². The zero-order valence-corrected chi connectivity index (χ0v) is 13.1. The quantitative estimate of drug-likeness (QED) is 0.906. The van der Waals surface area contributed by atoms with E-state index in [1.165, 1.54) is 0 Å². The summed E-state index contributed by atoms with van der Waals surface area (Å²) in [6.45, 7) is 11.2. The topological polar surface area (TPSA) is 38.0 Å².